The van der Waals surface area contributed by atoms with Crippen LogP contribution in [0.15, 0.2) is 0 Å². The quantitative estimate of drug-likeness (QED) is 0.705. The van der Waals surface area contributed by atoms with E-state index in [4.69, 9.17) is 4.74 Å². The number of hydrogen-bond donors (Lipinski definition) is 0. The number of nitrogens with zero attached hydrogens (tertiary/aromatic N) is 1. The van der Waals surface area contributed by atoms with E-state index in [1.54, 1.807) is 0 Å². The first-order valence-electron chi connectivity index (χ1n) is 7.58. The summed E-state index contributed by atoms with van der Waals surface area (Å²) < 4.78 is 5.56. The summed E-state index contributed by atoms with van der Waals surface area (Å²) in [6.07, 6.45) is 9.67. The fraction of sp³-hybridized carbons (Fsp3) is 0.933. The van der Waals surface area contributed by atoms with Gasteiger partial charge in [0, 0.05) is 19.2 Å². The highest BCUT2D eigenvalue weighted by Gasteiger charge is 2.36. The van der Waals surface area contributed by atoms with Gasteiger partial charge >= 0.3 is 0 Å². The Labute approximate surface area is 111 Å². The van der Waals surface area contributed by atoms with Gasteiger partial charge in [0.1, 0.15) is 6.29 Å². The van der Waals surface area contributed by atoms with E-state index in [-0.39, 0.29) is 5.41 Å². The highest BCUT2D eigenvalue weighted by Crippen LogP contribution is 2.31. The van der Waals surface area contributed by atoms with Crippen LogP contribution in [0.3, 0.4) is 0 Å². The average Bonchev–Trinajstić information content (AvgIpc) is 2.42. The maximum atomic E-state index is 11.5. The Bertz CT molecular complexity index is 259. The molecule has 0 saturated carbocycles. The van der Waals surface area contributed by atoms with Gasteiger partial charge in [-0.3, -0.25) is 4.90 Å². The predicted octanol–water partition coefficient (Wildman–Crippen LogP) is 2.64. The zero-order chi connectivity index (χ0) is 12.8. The number of carbonyl (C=O) groups excluding carboxylic acids is 1. The van der Waals surface area contributed by atoms with Crippen LogP contribution < -0.4 is 0 Å². The molecule has 0 bridgehead atoms. The van der Waals surface area contributed by atoms with Crippen molar-refractivity contribution < 1.29 is 9.53 Å². The molecule has 0 aromatic heterocycles. The fourth-order valence-electron chi connectivity index (χ4n) is 3.46. The van der Waals surface area contributed by atoms with Crippen LogP contribution in [-0.4, -0.2) is 43.5 Å². The van der Waals surface area contributed by atoms with Crippen molar-refractivity contribution in [3.05, 3.63) is 0 Å². The molecule has 0 amide bonds. The predicted molar refractivity (Wildman–Crippen MR) is 72.7 cm³/mol. The van der Waals surface area contributed by atoms with E-state index in [9.17, 15) is 4.79 Å². The van der Waals surface area contributed by atoms with Crippen molar-refractivity contribution in [2.75, 3.05) is 26.3 Å². The summed E-state index contributed by atoms with van der Waals surface area (Å²) in [4.78, 5) is 14.1. The summed E-state index contributed by atoms with van der Waals surface area (Å²) in [5.41, 5.74) is -0.221. The minimum absolute atomic E-state index is 0.221. The Hall–Kier alpha value is -0.410. The molecule has 2 unspecified atom stereocenters. The Kier molecular flexibility index (Phi) is 5.19. The van der Waals surface area contributed by atoms with Crippen molar-refractivity contribution in [2.45, 2.75) is 57.9 Å². The summed E-state index contributed by atoms with van der Waals surface area (Å²) in [6, 6.07) is 0.697. The van der Waals surface area contributed by atoms with Crippen LogP contribution >= 0.6 is 0 Å². The molecule has 0 radical (unpaired) electrons. The standard InChI is InChI=1S/C15H27NO2/c1-2-6-14-7-3-4-9-16(14)11-15(12-17)8-5-10-18-13-15/h12,14H,2-11,13H2,1H3. The van der Waals surface area contributed by atoms with Gasteiger partial charge in [-0.1, -0.05) is 19.8 Å². The van der Waals surface area contributed by atoms with E-state index >= 15 is 0 Å². The maximum Gasteiger partial charge on any atom is 0.129 e. The lowest BCUT2D eigenvalue weighted by molar-refractivity contribution is -0.126. The van der Waals surface area contributed by atoms with Crippen LogP contribution in [0, 0.1) is 5.41 Å². The van der Waals surface area contributed by atoms with Gasteiger partial charge in [-0.15, -0.1) is 0 Å². The van der Waals surface area contributed by atoms with E-state index in [0.717, 1.165) is 26.0 Å². The van der Waals surface area contributed by atoms with Gasteiger partial charge in [-0.2, -0.15) is 0 Å². The van der Waals surface area contributed by atoms with Crippen LogP contribution in [0.1, 0.15) is 51.9 Å². The fourth-order valence-corrected chi connectivity index (χ4v) is 3.46. The molecule has 0 aliphatic carbocycles. The second-order valence-corrected chi connectivity index (χ2v) is 6.05. The van der Waals surface area contributed by atoms with Gasteiger partial charge in [0.15, 0.2) is 0 Å². The number of ether oxygens (including phenoxy) is 1. The van der Waals surface area contributed by atoms with Crippen molar-refractivity contribution in [2.24, 2.45) is 5.41 Å². The average molecular weight is 253 g/mol. The van der Waals surface area contributed by atoms with Gasteiger partial charge in [0.05, 0.1) is 12.0 Å². The van der Waals surface area contributed by atoms with Crippen LogP contribution in [-0.2, 0) is 9.53 Å². The molecule has 0 spiro atoms. The molecule has 0 N–H and O–H groups in total. The zero-order valence-electron chi connectivity index (χ0n) is 11.7. The highest BCUT2D eigenvalue weighted by atomic mass is 16.5. The zero-order valence-corrected chi connectivity index (χ0v) is 11.7. The SMILES string of the molecule is CCCC1CCCCN1CC1(C=O)CCCOC1. The van der Waals surface area contributed by atoms with Crippen LogP contribution in [0.25, 0.3) is 0 Å². The summed E-state index contributed by atoms with van der Waals surface area (Å²) in [6.45, 7) is 5.80. The highest BCUT2D eigenvalue weighted by molar-refractivity contribution is 5.60. The third kappa shape index (κ3) is 3.33. The Morgan fingerprint density at radius 3 is 2.94 bits per heavy atom. The van der Waals surface area contributed by atoms with Gasteiger partial charge in [-0.05, 0) is 38.6 Å². The molecule has 0 aromatic carbocycles. The largest absolute Gasteiger partial charge is 0.380 e. The van der Waals surface area contributed by atoms with Gasteiger partial charge in [-0.25, -0.2) is 0 Å². The van der Waals surface area contributed by atoms with Crippen molar-refractivity contribution in [1.29, 1.82) is 0 Å². The van der Waals surface area contributed by atoms with E-state index < -0.39 is 0 Å². The van der Waals surface area contributed by atoms with E-state index in [2.05, 4.69) is 11.8 Å². The molecule has 3 heteroatoms. The first-order valence-corrected chi connectivity index (χ1v) is 7.58. The number of hydrogen-bond acceptors (Lipinski definition) is 3. The number of rotatable bonds is 5. The first kappa shape index (κ1) is 14.0. The first-order chi connectivity index (χ1) is 8.79. The van der Waals surface area contributed by atoms with E-state index in [1.165, 1.54) is 44.9 Å². The van der Waals surface area contributed by atoms with Crippen molar-refractivity contribution in [1.82, 2.24) is 4.90 Å². The third-order valence-corrected chi connectivity index (χ3v) is 4.49. The molecule has 2 fully saturated rings. The number of aldehydes is 1. The molecular weight excluding hydrogens is 226 g/mol. The molecule has 2 rings (SSSR count). The van der Waals surface area contributed by atoms with Crippen LogP contribution in [0.5, 0.6) is 0 Å². The monoisotopic (exact) mass is 253 g/mol. The second kappa shape index (κ2) is 6.67. The third-order valence-electron chi connectivity index (χ3n) is 4.49. The Morgan fingerprint density at radius 2 is 2.28 bits per heavy atom. The molecule has 3 nitrogen and oxygen atoms in total. The summed E-state index contributed by atoms with van der Waals surface area (Å²) in [7, 11) is 0. The molecule has 2 saturated heterocycles. The number of likely N-dealkylation sites (tertiary alicyclic amines) is 1. The van der Waals surface area contributed by atoms with Gasteiger partial charge < -0.3 is 9.53 Å². The minimum atomic E-state index is -0.221. The molecular formula is C15H27NO2. The smallest absolute Gasteiger partial charge is 0.129 e. The second-order valence-electron chi connectivity index (χ2n) is 6.05. The van der Waals surface area contributed by atoms with Crippen molar-refractivity contribution >= 4 is 6.29 Å². The molecule has 2 aliphatic rings. The normalized spacial score (nSPS) is 34.4. The van der Waals surface area contributed by atoms with Crippen molar-refractivity contribution in [3.63, 3.8) is 0 Å². The van der Waals surface area contributed by atoms with E-state index in [1.807, 2.05) is 0 Å². The Balaban J connectivity index is 1.97. The topological polar surface area (TPSA) is 29.5 Å². The van der Waals surface area contributed by atoms with E-state index in [0.29, 0.717) is 12.6 Å². The molecule has 18 heavy (non-hydrogen) atoms. The van der Waals surface area contributed by atoms with Gasteiger partial charge in [0.2, 0.25) is 0 Å². The van der Waals surface area contributed by atoms with Crippen LogP contribution in [0.2, 0.25) is 0 Å². The number of piperidine rings is 1. The lowest BCUT2D eigenvalue weighted by atomic mass is 9.82. The molecule has 104 valence electrons. The van der Waals surface area contributed by atoms with Gasteiger partial charge in [0.25, 0.3) is 0 Å². The molecule has 2 heterocycles. The maximum absolute atomic E-state index is 11.5. The lowest BCUT2D eigenvalue weighted by Gasteiger charge is -2.42. The lowest BCUT2D eigenvalue weighted by Crippen LogP contribution is -2.49. The molecule has 0 aromatic rings. The summed E-state index contributed by atoms with van der Waals surface area (Å²) in [5, 5.41) is 0. The van der Waals surface area contributed by atoms with Crippen LogP contribution in [0.4, 0.5) is 0 Å². The summed E-state index contributed by atoms with van der Waals surface area (Å²) >= 11 is 0. The summed E-state index contributed by atoms with van der Waals surface area (Å²) in [5.74, 6) is 0. The van der Waals surface area contributed by atoms with Crippen molar-refractivity contribution in [3.8, 4) is 0 Å². The Morgan fingerprint density at radius 1 is 1.39 bits per heavy atom. The number of carbonyl (C=O) groups is 1. The minimum Gasteiger partial charge on any atom is -0.380 e. The molecule has 2 atom stereocenters. The molecule has 2 aliphatic heterocycles.